The molecule has 3 heterocycles. The third kappa shape index (κ3) is 3.42. The number of rotatable bonds is 6. The number of H-pyrrole nitrogens is 1. The predicted molar refractivity (Wildman–Crippen MR) is 101 cm³/mol. The first kappa shape index (κ1) is 16.6. The minimum Gasteiger partial charge on any atom is -0.330 e. The molecule has 8 heteroatoms. The Balaban J connectivity index is 1.52. The van der Waals surface area contributed by atoms with Crippen LogP contribution < -0.4 is 5.73 Å². The Morgan fingerprint density at radius 3 is 2.85 bits per heavy atom. The van der Waals surface area contributed by atoms with Crippen molar-refractivity contribution >= 4 is 11.3 Å². The Kier molecular flexibility index (Phi) is 4.59. The van der Waals surface area contributed by atoms with Gasteiger partial charge in [0.1, 0.15) is 5.82 Å². The van der Waals surface area contributed by atoms with Gasteiger partial charge >= 0.3 is 0 Å². The van der Waals surface area contributed by atoms with Crippen molar-refractivity contribution in [2.75, 3.05) is 6.54 Å². The van der Waals surface area contributed by atoms with Crippen LogP contribution in [0.3, 0.4) is 0 Å². The summed E-state index contributed by atoms with van der Waals surface area (Å²) in [5.74, 6) is 1.49. The second-order valence-electron chi connectivity index (χ2n) is 5.97. The molecule has 0 aliphatic heterocycles. The fraction of sp³-hybridized carbons (Fsp3) is 0.222. The molecule has 0 atom stereocenters. The molecule has 0 spiro atoms. The molecule has 0 aliphatic rings. The van der Waals surface area contributed by atoms with Gasteiger partial charge in [-0.05, 0) is 31.2 Å². The van der Waals surface area contributed by atoms with Gasteiger partial charge in [0.25, 0.3) is 0 Å². The Bertz CT molecular complexity index is 1000. The van der Waals surface area contributed by atoms with Gasteiger partial charge in [0.2, 0.25) is 0 Å². The number of aryl methyl sites for hydroxylation is 1. The lowest BCUT2D eigenvalue weighted by Gasteiger charge is -1.98. The molecule has 7 nitrogen and oxygen atoms in total. The number of thiazole rings is 1. The van der Waals surface area contributed by atoms with Gasteiger partial charge in [0.15, 0.2) is 5.82 Å². The van der Waals surface area contributed by atoms with Crippen LogP contribution in [0.2, 0.25) is 0 Å². The van der Waals surface area contributed by atoms with Crippen LogP contribution in [0.1, 0.15) is 22.1 Å². The first-order valence-electron chi connectivity index (χ1n) is 8.40. The summed E-state index contributed by atoms with van der Waals surface area (Å²) in [5.41, 5.74) is 8.66. The Labute approximate surface area is 154 Å². The second-order valence-corrected chi connectivity index (χ2v) is 7.06. The first-order chi connectivity index (χ1) is 12.7. The summed E-state index contributed by atoms with van der Waals surface area (Å²) >= 11 is 1.61. The van der Waals surface area contributed by atoms with Crippen LogP contribution in [0.4, 0.5) is 0 Å². The largest absolute Gasteiger partial charge is 0.330 e. The van der Waals surface area contributed by atoms with Gasteiger partial charge in [-0.1, -0.05) is 18.2 Å². The molecule has 0 aliphatic carbocycles. The van der Waals surface area contributed by atoms with Crippen molar-refractivity contribution in [3.05, 3.63) is 64.8 Å². The number of para-hydroxylation sites is 1. The van der Waals surface area contributed by atoms with E-state index in [4.69, 9.17) is 5.73 Å². The topological polar surface area (TPSA) is 98.3 Å². The fourth-order valence-corrected chi connectivity index (χ4v) is 3.75. The number of aromatic amines is 1. The van der Waals surface area contributed by atoms with Gasteiger partial charge in [0.05, 0.1) is 27.5 Å². The standard InChI is InChI=1S/C18H19N7S/c1-12-17(26-16(21-12)7-8-19)18-22-15(23-24-18)9-13-10-20-25(11-13)14-5-3-2-4-6-14/h2-6,10-11H,7-9,19H2,1H3,(H,22,23,24). The number of nitrogens with zero attached hydrogens (tertiary/aromatic N) is 5. The van der Waals surface area contributed by atoms with E-state index in [9.17, 15) is 0 Å². The molecule has 0 saturated heterocycles. The SMILES string of the molecule is Cc1nc(CCN)sc1-c1n[nH]c(Cc2cnn(-c3ccccc3)c2)n1. The Morgan fingerprint density at radius 1 is 1.19 bits per heavy atom. The van der Waals surface area contributed by atoms with E-state index in [1.54, 1.807) is 11.3 Å². The normalized spacial score (nSPS) is 11.2. The highest BCUT2D eigenvalue weighted by atomic mass is 32.1. The van der Waals surface area contributed by atoms with Crippen LogP contribution in [-0.2, 0) is 12.8 Å². The maximum absolute atomic E-state index is 5.61. The summed E-state index contributed by atoms with van der Waals surface area (Å²) < 4.78 is 1.86. The fourth-order valence-electron chi connectivity index (χ4n) is 2.73. The highest BCUT2D eigenvalue weighted by Gasteiger charge is 2.14. The zero-order valence-corrected chi connectivity index (χ0v) is 15.2. The molecule has 4 aromatic rings. The number of benzene rings is 1. The lowest BCUT2D eigenvalue weighted by atomic mass is 10.2. The average molecular weight is 365 g/mol. The summed E-state index contributed by atoms with van der Waals surface area (Å²) in [6.45, 7) is 2.57. The lowest BCUT2D eigenvalue weighted by Crippen LogP contribution is -2.01. The van der Waals surface area contributed by atoms with Crippen molar-refractivity contribution in [1.29, 1.82) is 0 Å². The van der Waals surface area contributed by atoms with Crippen molar-refractivity contribution in [1.82, 2.24) is 29.9 Å². The van der Waals surface area contributed by atoms with E-state index in [0.29, 0.717) is 18.8 Å². The summed E-state index contributed by atoms with van der Waals surface area (Å²) in [5, 5.41) is 12.8. The molecule has 26 heavy (non-hydrogen) atoms. The minimum atomic E-state index is 0.594. The Morgan fingerprint density at radius 2 is 2.04 bits per heavy atom. The van der Waals surface area contributed by atoms with Gasteiger partial charge in [-0.3, -0.25) is 5.10 Å². The monoisotopic (exact) mass is 365 g/mol. The van der Waals surface area contributed by atoms with Crippen molar-refractivity contribution in [3.8, 4) is 16.4 Å². The van der Waals surface area contributed by atoms with Crippen molar-refractivity contribution in [2.45, 2.75) is 19.8 Å². The van der Waals surface area contributed by atoms with Crippen LogP contribution in [-0.4, -0.2) is 36.5 Å². The van der Waals surface area contributed by atoms with Crippen molar-refractivity contribution < 1.29 is 0 Å². The lowest BCUT2D eigenvalue weighted by molar-refractivity contribution is 0.879. The molecule has 4 rings (SSSR count). The maximum Gasteiger partial charge on any atom is 0.193 e. The highest BCUT2D eigenvalue weighted by molar-refractivity contribution is 7.15. The number of aromatic nitrogens is 6. The van der Waals surface area contributed by atoms with E-state index >= 15 is 0 Å². The van der Waals surface area contributed by atoms with Crippen LogP contribution in [0.15, 0.2) is 42.7 Å². The molecule has 132 valence electrons. The first-order valence-corrected chi connectivity index (χ1v) is 9.21. The van der Waals surface area contributed by atoms with E-state index in [2.05, 4.69) is 25.3 Å². The maximum atomic E-state index is 5.61. The molecule has 3 aromatic heterocycles. The van der Waals surface area contributed by atoms with Gasteiger partial charge in [-0.25, -0.2) is 14.6 Å². The van der Waals surface area contributed by atoms with E-state index in [1.165, 1.54) is 0 Å². The minimum absolute atomic E-state index is 0.594. The molecule has 0 amide bonds. The van der Waals surface area contributed by atoms with Gasteiger partial charge in [0, 0.05) is 19.0 Å². The molecular weight excluding hydrogens is 346 g/mol. The van der Waals surface area contributed by atoms with Crippen LogP contribution in [0.25, 0.3) is 16.4 Å². The van der Waals surface area contributed by atoms with Gasteiger partial charge in [-0.15, -0.1) is 11.3 Å². The van der Waals surface area contributed by atoms with E-state index in [0.717, 1.165) is 39.1 Å². The molecule has 3 N–H and O–H groups in total. The smallest absolute Gasteiger partial charge is 0.193 e. The molecular formula is C18H19N7S. The molecule has 0 saturated carbocycles. The Hall–Kier alpha value is -2.84. The third-order valence-corrected chi connectivity index (χ3v) is 5.18. The second kappa shape index (κ2) is 7.19. The number of nitrogens with two attached hydrogens (primary N) is 1. The van der Waals surface area contributed by atoms with Crippen LogP contribution in [0, 0.1) is 6.92 Å². The zero-order valence-electron chi connectivity index (χ0n) is 14.4. The van der Waals surface area contributed by atoms with E-state index in [-0.39, 0.29) is 0 Å². The molecule has 0 unspecified atom stereocenters. The van der Waals surface area contributed by atoms with Crippen LogP contribution >= 0.6 is 11.3 Å². The number of nitrogens with one attached hydrogen (secondary N) is 1. The number of hydrogen-bond acceptors (Lipinski definition) is 6. The molecule has 1 aromatic carbocycles. The van der Waals surface area contributed by atoms with Gasteiger partial charge in [-0.2, -0.15) is 10.2 Å². The summed E-state index contributed by atoms with van der Waals surface area (Å²) in [6.07, 6.45) is 5.29. The quantitative estimate of drug-likeness (QED) is 0.547. The average Bonchev–Trinajstić information content (AvgIpc) is 3.37. The van der Waals surface area contributed by atoms with Gasteiger partial charge < -0.3 is 5.73 Å². The zero-order chi connectivity index (χ0) is 17.9. The van der Waals surface area contributed by atoms with Crippen molar-refractivity contribution in [3.63, 3.8) is 0 Å². The highest BCUT2D eigenvalue weighted by Crippen LogP contribution is 2.27. The summed E-state index contributed by atoms with van der Waals surface area (Å²) in [6, 6.07) is 10.0. The molecule has 0 radical (unpaired) electrons. The summed E-state index contributed by atoms with van der Waals surface area (Å²) in [7, 11) is 0. The van der Waals surface area contributed by atoms with Crippen molar-refractivity contribution in [2.24, 2.45) is 5.73 Å². The van der Waals surface area contributed by atoms with E-state index < -0.39 is 0 Å². The van der Waals surface area contributed by atoms with Crippen LogP contribution in [0.5, 0.6) is 0 Å². The molecule has 0 fully saturated rings. The predicted octanol–water partition coefficient (Wildman–Crippen LogP) is 2.51. The third-order valence-electron chi connectivity index (χ3n) is 3.96. The summed E-state index contributed by atoms with van der Waals surface area (Å²) in [4.78, 5) is 10.2. The number of hydrogen-bond donors (Lipinski definition) is 2. The van der Waals surface area contributed by atoms with E-state index in [1.807, 2.05) is 54.3 Å². The molecule has 0 bridgehead atoms.